The topological polar surface area (TPSA) is 43.6 Å². The second kappa shape index (κ2) is 6.41. The number of pyridine rings is 1. The predicted molar refractivity (Wildman–Crippen MR) is 87.5 cm³/mol. The van der Waals surface area contributed by atoms with Crippen LogP contribution in [0, 0.1) is 6.92 Å². The molecule has 22 heavy (non-hydrogen) atoms. The molecule has 0 atom stereocenters. The summed E-state index contributed by atoms with van der Waals surface area (Å²) < 4.78 is 0. The van der Waals surface area contributed by atoms with Crippen molar-refractivity contribution in [1.82, 2.24) is 9.88 Å². The van der Waals surface area contributed by atoms with Crippen LogP contribution in [0.2, 0.25) is 5.02 Å². The molecule has 1 fully saturated rings. The number of nitrogens with one attached hydrogen (secondary N) is 1. The van der Waals surface area contributed by atoms with E-state index in [0.29, 0.717) is 10.4 Å². The van der Waals surface area contributed by atoms with Crippen molar-refractivity contribution in [2.24, 2.45) is 0 Å². The summed E-state index contributed by atoms with van der Waals surface area (Å²) in [6.07, 6.45) is 0. The highest BCUT2D eigenvalue weighted by atomic mass is 35.5. The number of fused-ring (bicyclic) bond motifs is 1. The Balaban J connectivity index is 1.87. The Hall–Kier alpha value is -1.36. The van der Waals surface area contributed by atoms with Crippen LogP contribution < -0.4 is 10.0 Å². The zero-order chi connectivity index (χ0) is 15.7. The largest absolute Gasteiger partial charge is 0.872 e. The molecule has 0 bridgehead atoms. The highest BCUT2D eigenvalue weighted by Gasteiger charge is 2.20. The van der Waals surface area contributed by atoms with E-state index < -0.39 is 0 Å². The molecule has 4 nitrogen and oxygen atoms in total. The van der Waals surface area contributed by atoms with E-state index >= 15 is 0 Å². The number of likely N-dealkylation sites (N-methyl/N-ethyl adjacent to an activating group) is 1. The second-order valence-electron chi connectivity index (χ2n) is 6.03. The lowest BCUT2D eigenvalue weighted by Gasteiger charge is -2.32. The first-order valence-corrected chi connectivity index (χ1v) is 8.28. The van der Waals surface area contributed by atoms with E-state index in [-0.39, 0.29) is 5.75 Å². The molecule has 0 saturated carbocycles. The van der Waals surface area contributed by atoms with Crippen LogP contribution in [0.15, 0.2) is 18.2 Å². The van der Waals surface area contributed by atoms with Crippen molar-refractivity contribution in [3.05, 3.63) is 34.5 Å². The van der Waals surface area contributed by atoms with Gasteiger partial charge in [-0.2, -0.15) is 0 Å². The van der Waals surface area contributed by atoms with Gasteiger partial charge < -0.3 is 10.0 Å². The van der Waals surface area contributed by atoms with Crippen molar-refractivity contribution in [2.75, 3.05) is 32.7 Å². The Bertz CT molecular complexity index is 681. The van der Waals surface area contributed by atoms with Gasteiger partial charge in [0.1, 0.15) is 6.54 Å². The van der Waals surface area contributed by atoms with Crippen LogP contribution >= 0.6 is 11.6 Å². The first kappa shape index (κ1) is 15.5. The number of nitrogens with zero attached hydrogens (tertiary/aromatic N) is 2. The van der Waals surface area contributed by atoms with Crippen molar-refractivity contribution in [3.8, 4) is 5.75 Å². The summed E-state index contributed by atoms with van der Waals surface area (Å²) in [5.74, 6) is 0.0930. The summed E-state index contributed by atoms with van der Waals surface area (Å²) in [5, 5.41) is 14.0. The molecule has 118 valence electrons. The van der Waals surface area contributed by atoms with E-state index in [4.69, 9.17) is 11.6 Å². The zero-order valence-electron chi connectivity index (χ0n) is 13.2. The number of benzene rings is 1. The van der Waals surface area contributed by atoms with Gasteiger partial charge in [-0.15, -0.1) is 0 Å². The van der Waals surface area contributed by atoms with E-state index in [2.05, 4.69) is 16.8 Å². The number of piperazine rings is 1. The van der Waals surface area contributed by atoms with Crippen LogP contribution in [-0.2, 0) is 6.54 Å². The molecular weight excluding hydrogens is 298 g/mol. The van der Waals surface area contributed by atoms with E-state index in [1.165, 1.54) is 4.90 Å². The minimum Gasteiger partial charge on any atom is -0.872 e. The van der Waals surface area contributed by atoms with Gasteiger partial charge >= 0.3 is 0 Å². The Morgan fingerprint density at radius 3 is 2.73 bits per heavy atom. The first-order chi connectivity index (χ1) is 10.6. The Labute approximate surface area is 136 Å². The molecule has 0 amide bonds. The highest BCUT2D eigenvalue weighted by Crippen LogP contribution is 2.28. The third kappa shape index (κ3) is 3.05. The Kier molecular flexibility index (Phi) is 4.52. The molecule has 1 N–H and O–H groups in total. The summed E-state index contributed by atoms with van der Waals surface area (Å²) in [7, 11) is 0. The van der Waals surface area contributed by atoms with Crippen LogP contribution in [0.4, 0.5) is 0 Å². The number of rotatable bonds is 3. The molecule has 2 aromatic rings. The molecule has 0 spiro atoms. The molecule has 0 radical (unpaired) electrons. The third-order valence-corrected chi connectivity index (χ3v) is 4.87. The standard InChI is InChI=1S/C17H22ClN3O/c1-3-20-6-8-21(9-7-20)11-15-12(2)19-16-5-4-13(18)10-14(16)17(15)22/h4-5,10H,3,6-9,11H2,1-2H3,(H,19,22). The van der Waals surface area contributed by atoms with Gasteiger partial charge in [-0.1, -0.05) is 24.3 Å². The molecular formula is C17H22ClN3O. The van der Waals surface area contributed by atoms with Gasteiger partial charge in [0, 0.05) is 29.4 Å². The van der Waals surface area contributed by atoms with Gasteiger partial charge in [0.25, 0.3) is 0 Å². The molecule has 5 heteroatoms. The monoisotopic (exact) mass is 319 g/mol. The minimum atomic E-state index is 0.0930. The fourth-order valence-corrected chi connectivity index (χ4v) is 3.36. The third-order valence-electron chi connectivity index (χ3n) is 4.64. The Morgan fingerprint density at radius 1 is 1.32 bits per heavy atom. The number of aromatic nitrogens is 1. The maximum Gasteiger partial charge on any atom is 0.104 e. The quantitative estimate of drug-likeness (QED) is 0.917. The summed E-state index contributed by atoms with van der Waals surface area (Å²) in [4.78, 5) is 8.51. The number of hydrogen-bond donors (Lipinski definition) is 1. The maximum absolute atomic E-state index is 12.8. The average Bonchev–Trinajstić information content (AvgIpc) is 2.53. The highest BCUT2D eigenvalue weighted by molar-refractivity contribution is 6.31. The zero-order valence-corrected chi connectivity index (χ0v) is 13.9. The lowest BCUT2D eigenvalue weighted by molar-refractivity contribution is -0.918. The molecule has 1 aliphatic heterocycles. The normalized spacial score (nSPS) is 17.2. The van der Waals surface area contributed by atoms with E-state index in [1.807, 2.05) is 13.0 Å². The lowest BCUT2D eigenvalue weighted by Crippen LogP contribution is -3.13. The fraction of sp³-hybridized carbons (Fsp3) is 0.471. The average molecular weight is 320 g/mol. The van der Waals surface area contributed by atoms with Gasteiger partial charge in [-0.3, -0.25) is 9.88 Å². The smallest absolute Gasteiger partial charge is 0.104 e. The molecule has 1 aromatic heterocycles. The number of hydrogen-bond acceptors (Lipinski definition) is 3. The number of aryl methyl sites for hydroxylation is 1. The van der Waals surface area contributed by atoms with Gasteiger partial charge in [0.15, 0.2) is 0 Å². The molecule has 3 rings (SSSR count). The van der Waals surface area contributed by atoms with Crippen LogP contribution in [-0.4, -0.2) is 42.6 Å². The summed E-state index contributed by atoms with van der Waals surface area (Å²) in [5.41, 5.74) is 2.43. The van der Waals surface area contributed by atoms with Crippen molar-refractivity contribution >= 4 is 22.5 Å². The second-order valence-corrected chi connectivity index (χ2v) is 6.46. The van der Waals surface area contributed by atoms with Crippen molar-refractivity contribution in [3.63, 3.8) is 0 Å². The summed E-state index contributed by atoms with van der Waals surface area (Å²) >= 11 is 6.03. The van der Waals surface area contributed by atoms with Gasteiger partial charge in [-0.25, -0.2) is 0 Å². The number of halogens is 1. The lowest BCUT2D eigenvalue weighted by atomic mass is 10.1. The minimum absolute atomic E-state index is 0.0930. The van der Waals surface area contributed by atoms with E-state index in [0.717, 1.165) is 56.0 Å². The van der Waals surface area contributed by atoms with Crippen LogP contribution in [0.25, 0.3) is 10.9 Å². The maximum atomic E-state index is 12.8. The van der Waals surface area contributed by atoms with Gasteiger partial charge in [0.2, 0.25) is 0 Å². The summed E-state index contributed by atoms with van der Waals surface area (Å²) in [6, 6.07) is 5.34. The van der Waals surface area contributed by atoms with E-state index in [9.17, 15) is 5.11 Å². The van der Waals surface area contributed by atoms with Crippen LogP contribution in [0.3, 0.4) is 0 Å². The van der Waals surface area contributed by atoms with Crippen molar-refractivity contribution in [2.45, 2.75) is 20.4 Å². The van der Waals surface area contributed by atoms with Crippen LogP contribution in [0.1, 0.15) is 18.2 Å². The van der Waals surface area contributed by atoms with Gasteiger partial charge in [0.05, 0.1) is 18.6 Å². The molecule has 2 heterocycles. The van der Waals surface area contributed by atoms with Gasteiger partial charge in [-0.05, 0) is 37.1 Å². The fourth-order valence-electron chi connectivity index (χ4n) is 3.18. The van der Waals surface area contributed by atoms with Crippen molar-refractivity contribution < 1.29 is 10.0 Å². The molecule has 1 aliphatic rings. The molecule has 1 saturated heterocycles. The first-order valence-electron chi connectivity index (χ1n) is 7.90. The molecule has 0 unspecified atom stereocenters. The molecule has 1 aromatic carbocycles. The summed E-state index contributed by atoms with van der Waals surface area (Å²) in [6.45, 7) is 10.4. The Morgan fingerprint density at radius 2 is 2.05 bits per heavy atom. The number of quaternary nitrogens is 1. The predicted octanol–water partition coefficient (Wildman–Crippen LogP) is 0.991. The molecule has 0 aliphatic carbocycles. The SMILES string of the molecule is CCN1CC[NH+](Cc2c(C)nc3ccc(Cl)cc3c2[O-])CC1. The van der Waals surface area contributed by atoms with Crippen LogP contribution in [0.5, 0.6) is 5.75 Å². The van der Waals surface area contributed by atoms with E-state index in [1.54, 1.807) is 12.1 Å². The van der Waals surface area contributed by atoms with Crippen molar-refractivity contribution in [1.29, 1.82) is 0 Å².